The fourth-order valence-corrected chi connectivity index (χ4v) is 3.16. The van der Waals surface area contributed by atoms with Gasteiger partial charge in [-0.05, 0) is 60.4 Å². The summed E-state index contributed by atoms with van der Waals surface area (Å²) in [6.45, 7) is 3.95. The Bertz CT molecular complexity index is 1150. The van der Waals surface area contributed by atoms with Crippen LogP contribution in [-0.4, -0.2) is 22.8 Å². The van der Waals surface area contributed by atoms with Gasteiger partial charge >= 0.3 is 5.97 Å². The number of aryl methyl sites for hydroxylation is 2. The number of carbonyl (C=O) groups is 3. The molecular formula is C23H16FNO4. The van der Waals surface area contributed by atoms with E-state index in [1.807, 2.05) is 32.0 Å². The molecule has 4 rings (SSSR count). The third kappa shape index (κ3) is 3.18. The summed E-state index contributed by atoms with van der Waals surface area (Å²) < 4.78 is 14.6. The minimum absolute atomic E-state index is 0.135. The van der Waals surface area contributed by atoms with Gasteiger partial charge in [-0.1, -0.05) is 41.5 Å². The van der Waals surface area contributed by atoms with Gasteiger partial charge in [0.15, 0.2) is 0 Å². The molecule has 0 saturated carbocycles. The molecule has 1 heterocycles. The van der Waals surface area contributed by atoms with Crippen LogP contribution in [-0.2, 0) is 4.84 Å². The molecule has 0 fully saturated rings. The fraction of sp³-hybridized carbons (Fsp3) is 0.0870. The topological polar surface area (TPSA) is 63.7 Å². The van der Waals surface area contributed by atoms with Crippen LogP contribution in [0.1, 0.15) is 42.2 Å². The SMILES string of the molecule is Cc1ccc(-c2ccc(C(=O)ON3C(=O)c4ccccc4C3=O)c(F)c2)cc1C. The number of rotatable bonds is 3. The van der Waals surface area contributed by atoms with Gasteiger partial charge in [-0.15, -0.1) is 0 Å². The lowest BCUT2D eigenvalue weighted by Crippen LogP contribution is -2.33. The third-order valence-electron chi connectivity index (χ3n) is 4.96. The molecule has 2 amide bonds. The average molecular weight is 389 g/mol. The van der Waals surface area contributed by atoms with Crippen LogP contribution in [0.25, 0.3) is 11.1 Å². The molecule has 0 aromatic heterocycles. The van der Waals surface area contributed by atoms with Crippen LogP contribution in [0.5, 0.6) is 0 Å². The minimum atomic E-state index is -1.12. The van der Waals surface area contributed by atoms with Crippen LogP contribution < -0.4 is 0 Å². The van der Waals surface area contributed by atoms with Gasteiger partial charge in [0, 0.05) is 0 Å². The van der Waals surface area contributed by atoms with Gasteiger partial charge in [0.25, 0.3) is 11.8 Å². The third-order valence-corrected chi connectivity index (χ3v) is 4.96. The maximum absolute atomic E-state index is 14.6. The van der Waals surface area contributed by atoms with Crippen LogP contribution in [0.4, 0.5) is 4.39 Å². The molecule has 5 nitrogen and oxygen atoms in total. The van der Waals surface area contributed by atoms with Crippen molar-refractivity contribution in [2.75, 3.05) is 0 Å². The van der Waals surface area contributed by atoms with Crippen molar-refractivity contribution in [3.8, 4) is 11.1 Å². The van der Waals surface area contributed by atoms with Crippen molar-refractivity contribution in [3.05, 3.63) is 94.3 Å². The van der Waals surface area contributed by atoms with Crippen molar-refractivity contribution in [1.82, 2.24) is 5.06 Å². The molecule has 1 aliphatic rings. The summed E-state index contributed by atoms with van der Waals surface area (Å²) in [5, 5.41) is 0.365. The normalized spacial score (nSPS) is 12.9. The van der Waals surface area contributed by atoms with Crippen molar-refractivity contribution in [2.24, 2.45) is 0 Å². The number of hydrogen-bond donors (Lipinski definition) is 0. The second kappa shape index (κ2) is 6.98. The number of carbonyl (C=O) groups excluding carboxylic acids is 3. The van der Waals surface area contributed by atoms with E-state index in [-0.39, 0.29) is 16.7 Å². The zero-order valence-corrected chi connectivity index (χ0v) is 15.7. The van der Waals surface area contributed by atoms with E-state index in [2.05, 4.69) is 0 Å². The molecule has 29 heavy (non-hydrogen) atoms. The van der Waals surface area contributed by atoms with Crippen molar-refractivity contribution in [2.45, 2.75) is 13.8 Å². The largest absolute Gasteiger partial charge is 0.366 e. The molecule has 3 aromatic rings. The fourth-order valence-electron chi connectivity index (χ4n) is 3.16. The van der Waals surface area contributed by atoms with Gasteiger partial charge in [0.05, 0.1) is 16.7 Å². The van der Waals surface area contributed by atoms with Crippen LogP contribution in [0.15, 0.2) is 60.7 Å². The predicted molar refractivity (Wildman–Crippen MR) is 104 cm³/mol. The number of halogens is 1. The molecule has 0 aliphatic carbocycles. The quantitative estimate of drug-likeness (QED) is 0.620. The van der Waals surface area contributed by atoms with Crippen molar-refractivity contribution < 1.29 is 23.6 Å². The standard InChI is InChI=1S/C23H16FNO4/c1-13-7-8-15(11-14(13)2)16-9-10-19(20(24)12-16)23(28)29-25-21(26)17-5-3-4-6-18(17)22(25)27/h3-12H,1-2H3. The number of amides is 2. The molecule has 6 heteroatoms. The van der Waals surface area contributed by atoms with Gasteiger partial charge in [-0.3, -0.25) is 9.59 Å². The molecule has 0 atom stereocenters. The first kappa shape index (κ1) is 18.6. The van der Waals surface area contributed by atoms with Gasteiger partial charge in [0.2, 0.25) is 0 Å². The highest BCUT2D eigenvalue weighted by molar-refractivity contribution is 6.21. The molecule has 0 saturated heterocycles. The van der Waals surface area contributed by atoms with Gasteiger partial charge in [-0.2, -0.15) is 0 Å². The van der Waals surface area contributed by atoms with Gasteiger partial charge in [-0.25, -0.2) is 9.18 Å². The van der Waals surface area contributed by atoms with Crippen LogP contribution in [0, 0.1) is 19.7 Å². The van der Waals surface area contributed by atoms with E-state index in [9.17, 15) is 18.8 Å². The molecular weight excluding hydrogens is 373 g/mol. The first-order valence-corrected chi connectivity index (χ1v) is 8.94. The summed E-state index contributed by atoms with van der Waals surface area (Å²) in [6, 6.07) is 15.9. The van der Waals surface area contributed by atoms with Crippen LogP contribution in [0.3, 0.4) is 0 Å². The highest BCUT2D eigenvalue weighted by Crippen LogP contribution is 2.26. The first-order valence-electron chi connectivity index (χ1n) is 8.94. The summed E-state index contributed by atoms with van der Waals surface area (Å²) in [5.74, 6) is -3.44. The number of hydrogen-bond acceptors (Lipinski definition) is 4. The molecule has 144 valence electrons. The summed E-state index contributed by atoms with van der Waals surface area (Å²) in [6.07, 6.45) is 0. The van der Waals surface area contributed by atoms with Crippen LogP contribution in [0.2, 0.25) is 0 Å². The lowest BCUT2D eigenvalue weighted by atomic mass is 9.99. The second-order valence-electron chi connectivity index (χ2n) is 6.82. The highest BCUT2D eigenvalue weighted by atomic mass is 19.1. The Morgan fingerprint density at radius 1 is 0.828 bits per heavy atom. The zero-order chi connectivity index (χ0) is 20.7. The number of benzene rings is 3. The zero-order valence-electron chi connectivity index (χ0n) is 15.7. The van der Waals surface area contributed by atoms with Gasteiger partial charge < -0.3 is 4.84 Å². The Balaban J connectivity index is 1.58. The summed E-state index contributed by atoms with van der Waals surface area (Å²) in [4.78, 5) is 41.9. The maximum atomic E-state index is 14.6. The Labute approximate surface area is 166 Å². The lowest BCUT2D eigenvalue weighted by molar-refractivity contribution is -0.0587. The van der Waals surface area contributed by atoms with E-state index in [0.717, 1.165) is 16.7 Å². The highest BCUT2D eigenvalue weighted by Gasteiger charge is 2.39. The smallest absolute Gasteiger partial charge is 0.324 e. The monoisotopic (exact) mass is 389 g/mol. The molecule has 0 spiro atoms. The molecule has 0 bridgehead atoms. The predicted octanol–water partition coefficient (Wildman–Crippen LogP) is 4.48. The number of imide groups is 1. The average Bonchev–Trinajstić information content (AvgIpc) is 2.95. The number of nitrogens with zero attached hydrogens (tertiary/aromatic N) is 1. The van der Waals surface area contributed by atoms with Gasteiger partial charge in [0.1, 0.15) is 5.82 Å². The lowest BCUT2D eigenvalue weighted by Gasteiger charge is -2.13. The Hall–Kier alpha value is -3.80. The van der Waals surface area contributed by atoms with E-state index in [1.54, 1.807) is 18.2 Å². The Kier molecular flexibility index (Phi) is 4.47. The number of fused-ring (bicyclic) bond motifs is 1. The molecule has 0 radical (unpaired) electrons. The van der Waals surface area contributed by atoms with Crippen LogP contribution >= 0.6 is 0 Å². The van der Waals surface area contributed by atoms with E-state index >= 15 is 0 Å². The molecule has 0 N–H and O–H groups in total. The van der Waals surface area contributed by atoms with E-state index in [1.165, 1.54) is 24.3 Å². The van der Waals surface area contributed by atoms with Crippen molar-refractivity contribution in [3.63, 3.8) is 0 Å². The number of hydroxylamine groups is 2. The van der Waals surface area contributed by atoms with Crippen molar-refractivity contribution in [1.29, 1.82) is 0 Å². The first-order chi connectivity index (χ1) is 13.9. The summed E-state index contributed by atoms with van der Waals surface area (Å²) in [5.41, 5.74) is 3.50. The summed E-state index contributed by atoms with van der Waals surface area (Å²) in [7, 11) is 0. The van der Waals surface area contributed by atoms with E-state index in [0.29, 0.717) is 10.6 Å². The molecule has 1 aliphatic heterocycles. The van der Waals surface area contributed by atoms with Crippen molar-refractivity contribution >= 4 is 17.8 Å². The molecule has 0 unspecified atom stereocenters. The molecule has 3 aromatic carbocycles. The minimum Gasteiger partial charge on any atom is -0.324 e. The Morgan fingerprint density at radius 2 is 1.41 bits per heavy atom. The summed E-state index contributed by atoms with van der Waals surface area (Å²) >= 11 is 0. The maximum Gasteiger partial charge on any atom is 0.366 e. The second-order valence-corrected chi connectivity index (χ2v) is 6.82. The Morgan fingerprint density at radius 3 is 2.00 bits per heavy atom. The van der Waals surface area contributed by atoms with E-state index < -0.39 is 23.6 Å². The van der Waals surface area contributed by atoms with E-state index in [4.69, 9.17) is 4.84 Å².